The number of primary amides is 1. The number of carboxylic acid groups (broad SMARTS) is 1. The molecule has 2 amide bonds. The third-order valence-corrected chi connectivity index (χ3v) is 3.22. The Morgan fingerprint density at radius 3 is 2.28 bits per heavy atom. The zero-order chi connectivity index (χ0) is 13.7. The van der Waals surface area contributed by atoms with Gasteiger partial charge in [0, 0.05) is 0 Å². The second-order valence-corrected chi connectivity index (χ2v) is 4.50. The Hall–Kier alpha value is -1.63. The van der Waals surface area contributed by atoms with Crippen LogP contribution in [0.1, 0.15) is 25.7 Å². The Labute approximate surface area is 104 Å². The predicted octanol–water partition coefficient (Wildman–Crippen LogP) is -1.16. The Bertz CT molecular complexity index is 344. The molecule has 5 N–H and O–H groups in total. The fourth-order valence-electron chi connectivity index (χ4n) is 2.17. The molecule has 0 bridgehead atoms. The Kier molecular flexibility index (Phi) is 5.08. The number of aliphatic carboxylic acids is 1. The van der Waals surface area contributed by atoms with E-state index in [1.165, 1.54) is 0 Å². The maximum atomic E-state index is 11.8. The minimum Gasteiger partial charge on any atom is -0.481 e. The van der Waals surface area contributed by atoms with Gasteiger partial charge in [0.1, 0.15) is 6.10 Å². The Morgan fingerprint density at radius 2 is 1.78 bits per heavy atom. The van der Waals surface area contributed by atoms with E-state index in [2.05, 4.69) is 5.32 Å². The van der Waals surface area contributed by atoms with Crippen molar-refractivity contribution in [1.29, 1.82) is 0 Å². The molecule has 0 spiro atoms. The van der Waals surface area contributed by atoms with Crippen molar-refractivity contribution < 1.29 is 24.6 Å². The van der Waals surface area contributed by atoms with Gasteiger partial charge in [-0.25, -0.2) is 0 Å². The van der Waals surface area contributed by atoms with Crippen molar-refractivity contribution >= 4 is 17.8 Å². The smallest absolute Gasteiger partial charge is 0.307 e. The first-order valence-electron chi connectivity index (χ1n) is 5.91. The maximum absolute atomic E-state index is 11.8. The second-order valence-electron chi connectivity index (χ2n) is 4.50. The monoisotopic (exact) mass is 258 g/mol. The highest BCUT2D eigenvalue weighted by Gasteiger charge is 2.35. The summed E-state index contributed by atoms with van der Waals surface area (Å²) < 4.78 is 0. The molecule has 1 aliphatic rings. The number of carboxylic acids is 1. The summed E-state index contributed by atoms with van der Waals surface area (Å²) in [7, 11) is 0. The molecule has 7 heteroatoms. The number of nitrogens with two attached hydrogens (primary N) is 1. The molecule has 18 heavy (non-hydrogen) atoms. The summed E-state index contributed by atoms with van der Waals surface area (Å²) >= 11 is 0. The third kappa shape index (κ3) is 3.69. The lowest BCUT2D eigenvalue weighted by atomic mass is 9.78. The Morgan fingerprint density at radius 1 is 1.22 bits per heavy atom. The molecule has 102 valence electrons. The van der Waals surface area contributed by atoms with E-state index in [4.69, 9.17) is 15.9 Å². The van der Waals surface area contributed by atoms with E-state index < -0.39 is 35.7 Å². The predicted molar refractivity (Wildman–Crippen MR) is 61.3 cm³/mol. The largest absolute Gasteiger partial charge is 0.481 e. The van der Waals surface area contributed by atoms with E-state index in [1.807, 2.05) is 0 Å². The summed E-state index contributed by atoms with van der Waals surface area (Å²) in [6, 6.07) is 0. The molecule has 3 atom stereocenters. The normalized spacial score (nSPS) is 25.2. The summed E-state index contributed by atoms with van der Waals surface area (Å²) in [5.74, 6) is -3.64. The lowest BCUT2D eigenvalue weighted by molar-refractivity contribution is -0.149. The Balaban J connectivity index is 2.53. The minimum atomic E-state index is -1.44. The van der Waals surface area contributed by atoms with E-state index in [0.29, 0.717) is 12.8 Å². The van der Waals surface area contributed by atoms with E-state index in [9.17, 15) is 14.4 Å². The molecule has 0 saturated heterocycles. The van der Waals surface area contributed by atoms with E-state index in [1.54, 1.807) is 0 Å². The SMILES string of the molecule is NC(=O)C(O)CNC(=O)C1CCCCC1C(=O)O. The van der Waals surface area contributed by atoms with Crippen LogP contribution in [-0.2, 0) is 14.4 Å². The molecular formula is C11H18N2O5. The quantitative estimate of drug-likeness (QED) is 0.494. The highest BCUT2D eigenvalue weighted by molar-refractivity contribution is 5.85. The number of amides is 2. The third-order valence-electron chi connectivity index (χ3n) is 3.22. The molecule has 0 aromatic carbocycles. The van der Waals surface area contributed by atoms with Gasteiger partial charge in [-0.15, -0.1) is 0 Å². The average molecular weight is 258 g/mol. The van der Waals surface area contributed by atoms with Gasteiger partial charge in [0.05, 0.1) is 18.4 Å². The summed E-state index contributed by atoms with van der Waals surface area (Å²) in [6.45, 7) is -0.281. The van der Waals surface area contributed by atoms with Crippen LogP contribution in [0.5, 0.6) is 0 Å². The van der Waals surface area contributed by atoms with Gasteiger partial charge in [-0.2, -0.15) is 0 Å². The highest BCUT2D eigenvalue weighted by Crippen LogP contribution is 2.30. The van der Waals surface area contributed by atoms with Crippen LogP contribution in [0.2, 0.25) is 0 Å². The molecule has 3 unspecified atom stereocenters. The van der Waals surface area contributed by atoms with Crippen LogP contribution in [0, 0.1) is 11.8 Å². The second kappa shape index (κ2) is 6.34. The summed E-state index contributed by atoms with van der Waals surface area (Å²) in [5, 5.41) is 20.5. The van der Waals surface area contributed by atoms with Crippen LogP contribution in [0.15, 0.2) is 0 Å². The van der Waals surface area contributed by atoms with Crippen LogP contribution in [0.3, 0.4) is 0 Å². The molecular weight excluding hydrogens is 240 g/mol. The van der Waals surface area contributed by atoms with Gasteiger partial charge in [-0.3, -0.25) is 14.4 Å². The number of hydrogen-bond acceptors (Lipinski definition) is 4. The molecule has 0 radical (unpaired) electrons. The van der Waals surface area contributed by atoms with Gasteiger partial charge < -0.3 is 21.3 Å². The van der Waals surface area contributed by atoms with Gasteiger partial charge >= 0.3 is 5.97 Å². The zero-order valence-corrected chi connectivity index (χ0v) is 9.96. The summed E-state index contributed by atoms with van der Waals surface area (Å²) in [6.07, 6.45) is 1.15. The first kappa shape index (κ1) is 14.4. The molecule has 1 saturated carbocycles. The van der Waals surface area contributed by atoms with Crippen LogP contribution in [0.4, 0.5) is 0 Å². The van der Waals surface area contributed by atoms with Crippen molar-refractivity contribution in [2.24, 2.45) is 17.6 Å². The average Bonchev–Trinajstić information content (AvgIpc) is 2.35. The highest BCUT2D eigenvalue weighted by atomic mass is 16.4. The van der Waals surface area contributed by atoms with Gasteiger partial charge in [0.25, 0.3) is 0 Å². The van der Waals surface area contributed by atoms with E-state index in [-0.39, 0.29) is 6.54 Å². The number of aliphatic hydroxyl groups excluding tert-OH is 1. The molecule has 0 aromatic rings. The molecule has 1 aliphatic carbocycles. The van der Waals surface area contributed by atoms with Gasteiger partial charge in [0.2, 0.25) is 11.8 Å². The van der Waals surface area contributed by atoms with E-state index >= 15 is 0 Å². The minimum absolute atomic E-state index is 0.281. The zero-order valence-electron chi connectivity index (χ0n) is 9.96. The fraction of sp³-hybridized carbons (Fsp3) is 0.727. The van der Waals surface area contributed by atoms with Crippen molar-refractivity contribution in [3.8, 4) is 0 Å². The number of carbonyl (C=O) groups is 3. The topological polar surface area (TPSA) is 130 Å². The molecule has 0 heterocycles. The standard InChI is InChI=1S/C11H18N2O5/c12-9(15)8(14)5-13-10(16)6-3-1-2-4-7(6)11(17)18/h6-8,14H,1-5H2,(H2,12,15)(H,13,16)(H,17,18). The van der Waals surface area contributed by atoms with Gasteiger partial charge in [-0.05, 0) is 12.8 Å². The molecule has 0 aromatic heterocycles. The van der Waals surface area contributed by atoms with Crippen molar-refractivity contribution in [3.63, 3.8) is 0 Å². The van der Waals surface area contributed by atoms with Crippen LogP contribution in [0.25, 0.3) is 0 Å². The van der Waals surface area contributed by atoms with Crippen molar-refractivity contribution in [1.82, 2.24) is 5.32 Å². The van der Waals surface area contributed by atoms with Crippen LogP contribution < -0.4 is 11.1 Å². The maximum Gasteiger partial charge on any atom is 0.307 e. The number of hydrogen-bond donors (Lipinski definition) is 4. The summed E-state index contributed by atoms with van der Waals surface area (Å²) in [4.78, 5) is 33.4. The molecule has 1 fully saturated rings. The van der Waals surface area contributed by atoms with Crippen molar-refractivity contribution in [2.75, 3.05) is 6.54 Å². The number of nitrogens with one attached hydrogen (secondary N) is 1. The molecule has 7 nitrogen and oxygen atoms in total. The first-order valence-corrected chi connectivity index (χ1v) is 5.91. The lowest BCUT2D eigenvalue weighted by Gasteiger charge is -2.27. The van der Waals surface area contributed by atoms with Gasteiger partial charge in [0.15, 0.2) is 0 Å². The molecule has 0 aliphatic heterocycles. The number of aliphatic hydroxyl groups is 1. The van der Waals surface area contributed by atoms with Crippen LogP contribution >= 0.6 is 0 Å². The van der Waals surface area contributed by atoms with Crippen molar-refractivity contribution in [3.05, 3.63) is 0 Å². The fourth-order valence-corrected chi connectivity index (χ4v) is 2.17. The number of rotatable bonds is 5. The van der Waals surface area contributed by atoms with E-state index in [0.717, 1.165) is 12.8 Å². The lowest BCUT2D eigenvalue weighted by Crippen LogP contribution is -2.45. The van der Waals surface area contributed by atoms with Gasteiger partial charge in [-0.1, -0.05) is 12.8 Å². The van der Waals surface area contributed by atoms with Crippen molar-refractivity contribution in [2.45, 2.75) is 31.8 Å². The van der Waals surface area contributed by atoms with Crippen LogP contribution in [-0.4, -0.2) is 40.6 Å². The number of carbonyl (C=O) groups excluding carboxylic acids is 2. The molecule has 1 rings (SSSR count). The first-order chi connectivity index (χ1) is 8.43. The summed E-state index contributed by atoms with van der Waals surface area (Å²) in [5.41, 5.74) is 4.84.